The average molecular weight is 353 g/mol. The molecule has 7 nitrogen and oxygen atoms in total. The van der Waals surface area contributed by atoms with Gasteiger partial charge in [0.05, 0.1) is 17.5 Å². The minimum Gasteiger partial charge on any atom is -0.349 e. The summed E-state index contributed by atoms with van der Waals surface area (Å²) < 4.78 is 1.82. The van der Waals surface area contributed by atoms with Gasteiger partial charge in [0.15, 0.2) is 11.5 Å². The van der Waals surface area contributed by atoms with E-state index in [9.17, 15) is 9.59 Å². The molecule has 3 aromatic rings. The average Bonchev–Trinajstić information content (AvgIpc) is 3.04. The number of rotatable bonds is 4. The van der Waals surface area contributed by atoms with Crippen LogP contribution in [-0.4, -0.2) is 31.7 Å². The molecule has 25 heavy (non-hydrogen) atoms. The predicted octanol–water partition coefficient (Wildman–Crippen LogP) is 1.85. The lowest BCUT2D eigenvalue weighted by Crippen LogP contribution is -2.34. The normalized spacial score (nSPS) is 16.3. The molecule has 4 rings (SSSR count). The molecule has 8 heteroatoms. The number of carbonyl (C=O) groups is 2. The molecule has 0 fully saturated rings. The molecule has 126 valence electrons. The van der Waals surface area contributed by atoms with E-state index >= 15 is 0 Å². The molecule has 1 aliphatic heterocycles. The van der Waals surface area contributed by atoms with Crippen LogP contribution in [0.4, 0.5) is 5.69 Å². The van der Waals surface area contributed by atoms with Crippen LogP contribution in [0.2, 0.25) is 0 Å². The summed E-state index contributed by atoms with van der Waals surface area (Å²) >= 11 is 1.41. The summed E-state index contributed by atoms with van der Waals surface area (Å²) in [7, 11) is 0. The van der Waals surface area contributed by atoms with Crippen LogP contribution in [0, 0.1) is 0 Å². The van der Waals surface area contributed by atoms with Crippen molar-refractivity contribution in [2.24, 2.45) is 0 Å². The second kappa shape index (κ2) is 6.56. The number of benzene rings is 1. The van der Waals surface area contributed by atoms with Crippen molar-refractivity contribution >= 4 is 34.9 Å². The number of nitrogens with one attached hydrogen (secondary N) is 2. The maximum absolute atomic E-state index is 12.2. The molecule has 1 unspecified atom stereocenters. The number of nitrogens with zero attached hydrogens (tertiary/aromatic N) is 3. The SMILES string of the molecule is O=C(CC1Sc2ccccc2NC1=O)NCc1nnc2ccccn12. The zero-order valence-electron chi connectivity index (χ0n) is 13.2. The number of para-hydroxylation sites is 1. The second-order valence-electron chi connectivity index (χ2n) is 5.62. The van der Waals surface area contributed by atoms with E-state index in [2.05, 4.69) is 20.8 Å². The van der Waals surface area contributed by atoms with Crippen molar-refractivity contribution in [1.29, 1.82) is 0 Å². The van der Waals surface area contributed by atoms with Gasteiger partial charge in [-0.2, -0.15) is 0 Å². The zero-order chi connectivity index (χ0) is 17.2. The number of hydrogen-bond acceptors (Lipinski definition) is 5. The first-order valence-corrected chi connectivity index (χ1v) is 8.70. The van der Waals surface area contributed by atoms with Crippen LogP contribution in [0.15, 0.2) is 53.6 Å². The van der Waals surface area contributed by atoms with Gasteiger partial charge in [0, 0.05) is 17.5 Å². The van der Waals surface area contributed by atoms with Gasteiger partial charge in [0.25, 0.3) is 0 Å². The maximum Gasteiger partial charge on any atom is 0.238 e. The Morgan fingerprint density at radius 2 is 2.04 bits per heavy atom. The molecule has 0 saturated carbocycles. The number of carbonyl (C=O) groups excluding carboxylic acids is 2. The quantitative estimate of drug-likeness (QED) is 0.747. The van der Waals surface area contributed by atoms with E-state index in [0.717, 1.165) is 16.2 Å². The smallest absolute Gasteiger partial charge is 0.238 e. The van der Waals surface area contributed by atoms with E-state index < -0.39 is 5.25 Å². The minimum absolute atomic E-state index is 0.113. The molecule has 0 spiro atoms. The fraction of sp³-hybridized carbons (Fsp3) is 0.176. The third kappa shape index (κ3) is 3.20. The number of thioether (sulfide) groups is 1. The summed E-state index contributed by atoms with van der Waals surface area (Å²) in [5, 5.41) is 13.3. The number of fused-ring (bicyclic) bond motifs is 2. The van der Waals surface area contributed by atoms with Crippen molar-refractivity contribution < 1.29 is 9.59 Å². The molecule has 2 N–H and O–H groups in total. The molecule has 0 saturated heterocycles. The molecule has 0 radical (unpaired) electrons. The standard InChI is InChI=1S/C17H15N5O2S/c23-16(18-10-15-21-20-14-7-3-4-8-22(14)15)9-13-17(24)19-11-5-1-2-6-12(11)25-13/h1-8,13H,9-10H2,(H,18,23)(H,19,24). The van der Waals surface area contributed by atoms with E-state index in [-0.39, 0.29) is 24.8 Å². The molecule has 1 atom stereocenters. The lowest BCUT2D eigenvalue weighted by atomic mass is 10.2. The molecule has 1 aliphatic rings. The molecule has 0 bridgehead atoms. The molecular weight excluding hydrogens is 338 g/mol. The van der Waals surface area contributed by atoms with Crippen LogP contribution in [-0.2, 0) is 16.1 Å². The Labute approximate surface area is 147 Å². The van der Waals surface area contributed by atoms with E-state index in [1.54, 1.807) is 0 Å². The summed E-state index contributed by atoms with van der Waals surface area (Å²) in [6, 6.07) is 13.2. The van der Waals surface area contributed by atoms with Crippen molar-refractivity contribution in [1.82, 2.24) is 19.9 Å². The Hall–Kier alpha value is -2.87. The molecule has 3 heterocycles. The highest BCUT2D eigenvalue weighted by Crippen LogP contribution is 2.36. The highest BCUT2D eigenvalue weighted by atomic mass is 32.2. The van der Waals surface area contributed by atoms with Gasteiger partial charge in [0.2, 0.25) is 11.8 Å². The van der Waals surface area contributed by atoms with Crippen molar-refractivity contribution in [2.45, 2.75) is 23.1 Å². The fourth-order valence-electron chi connectivity index (χ4n) is 2.66. The summed E-state index contributed by atoms with van der Waals surface area (Å²) in [5.41, 5.74) is 1.52. The first-order valence-electron chi connectivity index (χ1n) is 7.82. The van der Waals surface area contributed by atoms with E-state index in [4.69, 9.17) is 0 Å². The minimum atomic E-state index is -0.440. The van der Waals surface area contributed by atoms with Crippen molar-refractivity contribution in [3.05, 3.63) is 54.5 Å². The zero-order valence-corrected chi connectivity index (χ0v) is 14.0. The van der Waals surface area contributed by atoms with E-state index in [1.807, 2.05) is 53.1 Å². The largest absolute Gasteiger partial charge is 0.349 e. The predicted molar refractivity (Wildman–Crippen MR) is 94.2 cm³/mol. The highest BCUT2D eigenvalue weighted by molar-refractivity contribution is 8.01. The van der Waals surface area contributed by atoms with E-state index in [1.165, 1.54) is 11.8 Å². The van der Waals surface area contributed by atoms with Crippen LogP contribution in [0.25, 0.3) is 5.65 Å². The van der Waals surface area contributed by atoms with Crippen molar-refractivity contribution in [2.75, 3.05) is 5.32 Å². The topological polar surface area (TPSA) is 88.4 Å². The van der Waals surface area contributed by atoms with Crippen LogP contribution >= 0.6 is 11.8 Å². The van der Waals surface area contributed by atoms with Gasteiger partial charge in [0.1, 0.15) is 0 Å². The molecule has 1 aromatic carbocycles. The maximum atomic E-state index is 12.2. The fourth-order valence-corrected chi connectivity index (χ4v) is 3.77. The molecule has 2 amide bonds. The van der Waals surface area contributed by atoms with Crippen molar-refractivity contribution in [3.63, 3.8) is 0 Å². The van der Waals surface area contributed by atoms with Crippen LogP contribution in [0.1, 0.15) is 12.2 Å². The van der Waals surface area contributed by atoms with Gasteiger partial charge < -0.3 is 10.6 Å². The Kier molecular flexibility index (Phi) is 4.10. The summed E-state index contributed by atoms with van der Waals surface area (Å²) in [4.78, 5) is 25.4. The lowest BCUT2D eigenvalue weighted by Gasteiger charge is -2.23. The number of pyridine rings is 1. The Morgan fingerprint density at radius 3 is 2.96 bits per heavy atom. The molecular formula is C17H15N5O2S. The molecule has 0 aliphatic carbocycles. The monoisotopic (exact) mass is 353 g/mol. The highest BCUT2D eigenvalue weighted by Gasteiger charge is 2.28. The van der Waals surface area contributed by atoms with Gasteiger partial charge in [-0.25, -0.2) is 0 Å². The number of anilines is 1. The second-order valence-corrected chi connectivity index (χ2v) is 6.86. The number of hydrogen-bond donors (Lipinski definition) is 2. The number of aromatic nitrogens is 3. The van der Waals surface area contributed by atoms with Crippen LogP contribution in [0.5, 0.6) is 0 Å². The van der Waals surface area contributed by atoms with Gasteiger partial charge in [-0.3, -0.25) is 14.0 Å². The molecule has 2 aromatic heterocycles. The summed E-state index contributed by atoms with van der Waals surface area (Å²) in [5.74, 6) is 0.307. The van der Waals surface area contributed by atoms with Gasteiger partial charge in [-0.15, -0.1) is 22.0 Å². The van der Waals surface area contributed by atoms with Gasteiger partial charge in [-0.05, 0) is 24.3 Å². The van der Waals surface area contributed by atoms with Crippen LogP contribution in [0.3, 0.4) is 0 Å². The summed E-state index contributed by atoms with van der Waals surface area (Å²) in [6.07, 6.45) is 1.96. The first kappa shape index (κ1) is 15.6. The van der Waals surface area contributed by atoms with Gasteiger partial charge in [-0.1, -0.05) is 18.2 Å². The Balaban J connectivity index is 1.39. The van der Waals surface area contributed by atoms with E-state index in [0.29, 0.717) is 5.82 Å². The number of amides is 2. The third-order valence-corrected chi connectivity index (χ3v) is 5.18. The first-order chi connectivity index (χ1) is 12.2. The Bertz CT molecular complexity index is 955. The Morgan fingerprint density at radius 1 is 1.20 bits per heavy atom. The summed E-state index contributed by atoms with van der Waals surface area (Å²) in [6.45, 7) is 0.263. The van der Waals surface area contributed by atoms with Crippen molar-refractivity contribution in [3.8, 4) is 0 Å². The third-order valence-electron chi connectivity index (χ3n) is 3.91. The van der Waals surface area contributed by atoms with Crippen LogP contribution < -0.4 is 10.6 Å². The van der Waals surface area contributed by atoms with Gasteiger partial charge >= 0.3 is 0 Å². The lowest BCUT2D eigenvalue weighted by molar-refractivity contribution is -0.124.